The van der Waals surface area contributed by atoms with Crippen molar-refractivity contribution in [1.82, 2.24) is 9.78 Å². The van der Waals surface area contributed by atoms with Gasteiger partial charge in [-0.05, 0) is 24.3 Å². The van der Waals surface area contributed by atoms with Crippen LogP contribution in [0.3, 0.4) is 0 Å². The van der Waals surface area contributed by atoms with Gasteiger partial charge in [0.1, 0.15) is 6.61 Å². The number of methoxy groups -OCH3 is 1. The number of ether oxygens (including phenoxy) is 1. The Hall–Kier alpha value is -2.34. The largest absolute Gasteiger partial charge is 0.379 e. The second-order valence-electron chi connectivity index (χ2n) is 4.36. The molecule has 20 heavy (non-hydrogen) atoms. The first-order valence-electron chi connectivity index (χ1n) is 6.28. The number of anilines is 2. The molecule has 6 nitrogen and oxygen atoms in total. The fourth-order valence-electron chi connectivity index (χ4n) is 1.80. The van der Waals surface area contributed by atoms with Crippen LogP contribution < -0.4 is 10.6 Å². The van der Waals surface area contributed by atoms with E-state index in [9.17, 15) is 4.79 Å². The lowest BCUT2D eigenvalue weighted by Gasteiger charge is -2.09. The zero-order valence-electron chi connectivity index (χ0n) is 11.6. The van der Waals surface area contributed by atoms with E-state index < -0.39 is 0 Å². The van der Waals surface area contributed by atoms with E-state index in [1.807, 2.05) is 42.1 Å². The second kappa shape index (κ2) is 6.72. The molecule has 1 aromatic carbocycles. The van der Waals surface area contributed by atoms with Crippen molar-refractivity contribution in [2.75, 3.05) is 24.4 Å². The molecule has 0 fully saturated rings. The van der Waals surface area contributed by atoms with Crippen molar-refractivity contribution in [2.24, 2.45) is 7.05 Å². The Kier molecular flexibility index (Phi) is 4.73. The van der Waals surface area contributed by atoms with Crippen LogP contribution in [0.4, 0.5) is 11.4 Å². The molecule has 106 valence electrons. The van der Waals surface area contributed by atoms with Crippen molar-refractivity contribution >= 4 is 17.3 Å². The molecule has 1 aromatic heterocycles. The van der Waals surface area contributed by atoms with Crippen LogP contribution in [-0.4, -0.2) is 29.4 Å². The van der Waals surface area contributed by atoms with E-state index in [-0.39, 0.29) is 12.5 Å². The lowest BCUT2D eigenvalue weighted by atomic mass is 10.2. The normalized spacial score (nSPS) is 10.3. The first-order valence-corrected chi connectivity index (χ1v) is 6.28. The smallest absolute Gasteiger partial charge is 0.250 e. The highest BCUT2D eigenvalue weighted by atomic mass is 16.5. The van der Waals surface area contributed by atoms with E-state index >= 15 is 0 Å². The van der Waals surface area contributed by atoms with E-state index in [1.165, 1.54) is 7.11 Å². The highest BCUT2D eigenvalue weighted by molar-refractivity contribution is 5.92. The third-order valence-corrected chi connectivity index (χ3v) is 2.82. The van der Waals surface area contributed by atoms with Crippen molar-refractivity contribution < 1.29 is 9.53 Å². The summed E-state index contributed by atoms with van der Waals surface area (Å²) >= 11 is 0. The zero-order valence-corrected chi connectivity index (χ0v) is 11.6. The Bertz CT molecular complexity index is 580. The van der Waals surface area contributed by atoms with Crippen molar-refractivity contribution in [3.8, 4) is 0 Å². The molecule has 0 aliphatic heterocycles. The molecule has 0 bridgehead atoms. The minimum Gasteiger partial charge on any atom is -0.379 e. The fraction of sp³-hybridized carbons (Fsp3) is 0.286. The molecule has 0 atom stereocenters. The summed E-state index contributed by atoms with van der Waals surface area (Å²) in [7, 11) is 3.39. The summed E-state index contributed by atoms with van der Waals surface area (Å²) in [6.45, 7) is 0.721. The molecule has 0 aliphatic carbocycles. The molecule has 0 saturated heterocycles. The topological polar surface area (TPSA) is 68.2 Å². The van der Waals surface area contributed by atoms with Crippen molar-refractivity contribution in [3.63, 3.8) is 0 Å². The molecule has 1 amide bonds. The molecule has 0 aliphatic rings. The fourth-order valence-corrected chi connectivity index (χ4v) is 1.80. The van der Waals surface area contributed by atoms with Gasteiger partial charge in [0.15, 0.2) is 0 Å². The molecular weight excluding hydrogens is 256 g/mol. The van der Waals surface area contributed by atoms with Gasteiger partial charge in [0.2, 0.25) is 5.91 Å². The highest BCUT2D eigenvalue weighted by Gasteiger charge is 2.03. The van der Waals surface area contributed by atoms with Crippen molar-refractivity contribution in [2.45, 2.75) is 6.54 Å². The molecule has 0 radical (unpaired) electrons. The van der Waals surface area contributed by atoms with Crippen LogP contribution >= 0.6 is 0 Å². The number of aryl methyl sites for hydroxylation is 1. The monoisotopic (exact) mass is 274 g/mol. The van der Waals surface area contributed by atoms with Gasteiger partial charge >= 0.3 is 0 Å². The number of nitrogens with zero attached hydrogens (tertiary/aromatic N) is 2. The zero-order chi connectivity index (χ0) is 14.4. The van der Waals surface area contributed by atoms with Gasteiger partial charge < -0.3 is 15.4 Å². The average molecular weight is 274 g/mol. The SMILES string of the molecule is COCC(=O)Nc1cccc(NCc2ccnn2C)c1. The number of nitrogens with one attached hydrogen (secondary N) is 2. The van der Waals surface area contributed by atoms with E-state index in [0.29, 0.717) is 6.54 Å². The third kappa shape index (κ3) is 3.83. The lowest BCUT2D eigenvalue weighted by molar-refractivity contribution is -0.119. The van der Waals surface area contributed by atoms with Crippen LogP contribution in [0.2, 0.25) is 0 Å². The number of hydrogen-bond acceptors (Lipinski definition) is 4. The van der Waals surface area contributed by atoms with E-state index in [1.54, 1.807) is 6.20 Å². The molecule has 0 saturated carbocycles. The Morgan fingerprint density at radius 2 is 2.15 bits per heavy atom. The van der Waals surface area contributed by atoms with Crippen molar-refractivity contribution in [3.05, 3.63) is 42.2 Å². The quantitative estimate of drug-likeness (QED) is 0.840. The van der Waals surface area contributed by atoms with E-state index in [4.69, 9.17) is 4.74 Å². The van der Waals surface area contributed by atoms with Gasteiger partial charge in [0, 0.05) is 31.7 Å². The Morgan fingerprint density at radius 3 is 2.85 bits per heavy atom. The highest BCUT2D eigenvalue weighted by Crippen LogP contribution is 2.15. The number of benzene rings is 1. The van der Waals surface area contributed by atoms with Gasteiger partial charge in [-0.3, -0.25) is 9.48 Å². The molecule has 0 unspecified atom stereocenters. The maximum Gasteiger partial charge on any atom is 0.250 e. The summed E-state index contributed by atoms with van der Waals surface area (Å²) < 4.78 is 6.60. The molecule has 6 heteroatoms. The summed E-state index contributed by atoms with van der Waals surface area (Å²) in [6.07, 6.45) is 1.76. The minimum absolute atomic E-state index is 0.0483. The first-order chi connectivity index (χ1) is 9.69. The minimum atomic E-state index is -0.170. The van der Waals surface area contributed by atoms with Gasteiger partial charge in [-0.1, -0.05) is 6.07 Å². The molecule has 1 heterocycles. The second-order valence-corrected chi connectivity index (χ2v) is 4.36. The molecule has 2 rings (SSSR count). The maximum absolute atomic E-state index is 11.4. The van der Waals surface area contributed by atoms with E-state index in [2.05, 4.69) is 15.7 Å². The molecule has 2 N–H and O–H groups in total. The first kappa shape index (κ1) is 14.1. The van der Waals surface area contributed by atoms with Gasteiger partial charge in [0.05, 0.1) is 12.2 Å². The van der Waals surface area contributed by atoms with Crippen molar-refractivity contribution in [1.29, 1.82) is 0 Å². The van der Waals surface area contributed by atoms with Crippen LogP contribution in [0.5, 0.6) is 0 Å². The maximum atomic E-state index is 11.4. The van der Waals surface area contributed by atoms with Gasteiger partial charge in [-0.15, -0.1) is 0 Å². The summed E-state index contributed by atoms with van der Waals surface area (Å²) in [5.74, 6) is -0.170. The number of rotatable bonds is 6. The third-order valence-electron chi connectivity index (χ3n) is 2.82. The summed E-state index contributed by atoms with van der Waals surface area (Å²) in [4.78, 5) is 11.4. The summed E-state index contributed by atoms with van der Waals surface area (Å²) in [6, 6.07) is 9.50. The average Bonchev–Trinajstić information content (AvgIpc) is 2.82. The van der Waals surface area contributed by atoms with Crippen LogP contribution in [0, 0.1) is 0 Å². The van der Waals surface area contributed by atoms with Gasteiger partial charge in [-0.25, -0.2) is 0 Å². The van der Waals surface area contributed by atoms with Crippen LogP contribution in [-0.2, 0) is 23.1 Å². The standard InChI is InChI=1S/C14H18N4O2/c1-18-13(6-7-16-18)9-15-11-4-3-5-12(8-11)17-14(19)10-20-2/h3-8,15H,9-10H2,1-2H3,(H,17,19). The Balaban J connectivity index is 1.95. The predicted octanol–water partition coefficient (Wildman–Crippen LogP) is 1.62. The van der Waals surface area contributed by atoms with Gasteiger partial charge in [-0.2, -0.15) is 5.10 Å². The van der Waals surface area contributed by atoms with Crippen LogP contribution in [0.1, 0.15) is 5.69 Å². The molecule has 0 spiro atoms. The lowest BCUT2D eigenvalue weighted by Crippen LogP contribution is -2.17. The molecule has 2 aromatic rings. The number of carbonyl (C=O) groups is 1. The number of hydrogen-bond donors (Lipinski definition) is 2. The molecular formula is C14H18N4O2. The predicted molar refractivity (Wildman–Crippen MR) is 77.5 cm³/mol. The Morgan fingerprint density at radius 1 is 1.35 bits per heavy atom. The number of amides is 1. The summed E-state index contributed by atoms with van der Waals surface area (Å²) in [5.41, 5.74) is 2.75. The summed E-state index contributed by atoms with van der Waals surface area (Å²) in [5, 5.41) is 10.2. The van der Waals surface area contributed by atoms with Crippen LogP contribution in [0.25, 0.3) is 0 Å². The van der Waals surface area contributed by atoms with Crippen LogP contribution in [0.15, 0.2) is 36.5 Å². The number of aromatic nitrogens is 2. The number of carbonyl (C=O) groups excluding carboxylic acids is 1. The Labute approximate surface area is 117 Å². The van der Waals surface area contributed by atoms with E-state index in [0.717, 1.165) is 17.1 Å². The van der Waals surface area contributed by atoms with Gasteiger partial charge in [0.25, 0.3) is 0 Å².